The number of hydrogen-bond donors (Lipinski definition) is 1. The van der Waals surface area contributed by atoms with Gasteiger partial charge >= 0.3 is 0 Å². The minimum Gasteiger partial charge on any atom is -0.303 e. The fraction of sp³-hybridized carbons (Fsp3) is 0.375. The number of aryl methyl sites for hydroxylation is 2. The van der Waals surface area contributed by atoms with Crippen molar-refractivity contribution in [2.24, 2.45) is 0 Å². The Kier molecular flexibility index (Phi) is 3.78. The van der Waals surface area contributed by atoms with Crippen molar-refractivity contribution in [3.63, 3.8) is 0 Å². The first-order chi connectivity index (χ1) is 10.1. The molecule has 1 N–H and O–H groups in total. The number of hydrogen-bond acceptors (Lipinski definition) is 4. The highest BCUT2D eigenvalue weighted by molar-refractivity contribution is 7.07. The predicted molar refractivity (Wildman–Crippen MR) is 86.7 cm³/mol. The second-order valence-corrected chi connectivity index (χ2v) is 6.30. The molecular weight excluding hydrogens is 280 g/mol. The van der Waals surface area contributed by atoms with Gasteiger partial charge in [0.1, 0.15) is 0 Å². The number of nitrogens with zero attached hydrogens (tertiary/aromatic N) is 3. The maximum absolute atomic E-state index is 4.52. The lowest BCUT2D eigenvalue weighted by atomic mass is 10.1. The van der Waals surface area contributed by atoms with Crippen molar-refractivity contribution in [3.05, 3.63) is 51.6 Å². The van der Waals surface area contributed by atoms with E-state index in [1.54, 1.807) is 11.3 Å². The highest BCUT2D eigenvalue weighted by atomic mass is 32.1. The number of thiophene rings is 1. The SMILES string of the molecule is Cc1cc2ncc(C(C)NC(C)c3ccsc3)c(C)n2n1. The Balaban J connectivity index is 1.87. The smallest absolute Gasteiger partial charge is 0.155 e. The topological polar surface area (TPSA) is 42.2 Å². The van der Waals surface area contributed by atoms with Gasteiger partial charge in [-0.15, -0.1) is 0 Å². The molecule has 0 bridgehead atoms. The lowest BCUT2D eigenvalue weighted by molar-refractivity contribution is 0.490. The Morgan fingerprint density at radius 3 is 2.76 bits per heavy atom. The van der Waals surface area contributed by atoms with E-state index in [1.807, 2.05) is 23.7 Å². The van der Waals surface area contributed by atoms with E-state index in [2.05, 4.69) is 53.0 Å². The summed E-state index contributed by atoms with van der Waals surface area (Å²) in [5.41, 5.74) is 5.56. The van der Waals surface area contributed by atoms with Gasteiger partial charge in [-0.25, -0.2) is 9.50 Å². The van der Waals surface area contributed by atoms with Crippen molar-refractivity contribution in [2.45, 2.75) is 39.8 Å². The fourth-order valence-corrected chi connectivity index (χ4v) is 3.44. The Morgan fingerprint density at radius 2 is 2.05 bits per heavy atom. The van der Waals surface area contributed by atoms with E-state index in [4.69, 9.17) is 0 Å². The zero-order chi connectivity index (χ0) is 15.0. The summed E-state index contributed by atoms with van der Waals surface area (Å²) in [6.07, 6.45) is 1.96. The zero-order valence-corrected chi connectivity index (χ0v) is 13.6. The lowest BCUT2D eigenvalue weighted by Gasteiger charge is -2.21. The molecule has 0 aromatic carbocycles. The normalized spacial score (nSPS) is 14.5. The molecule has 0 fully saturated rings. The van der Waals surface area contributed by atoms with Gasteiger partial charge < -0.3 is 5.32 Å². The maximum Gasteiger partial charge on any atom is 0.155 e. The van der Waals surface area contributed by atoms with Gasteiger partial charge in [-0.1, -0.05) is 0 Å². The quantitative estimate of drug-likeness (QED) is 0.796. The van der Waals surface area contributed by atoms with E-state index >= 15 is 0 Å². The van der Waals surface area contributed by atoms with Gasteiger partial charge in [-0.2, -0.15) is 16.4 Å². The van der Waals surface area contributed by atoms with E-state index in [9.17, 15) is 0 Å². The molecule has 3 rings (SSSR count). The standard InChI is InChI=1S/C16H20N4S/c1-10-7-16-17-8-15(13(4)20(16)19-10)12(3)18-11(2)14-5-6-21-9-14/h5-9,11-12,18H,1-4H3. The zero-order valence-electron chi connectivity index (χ0n) is 12.8. The first-order valence-electron chi connectivity index (χ1n) is 7.16. The molecule has 0 aliphatic carbocycles. The van der Waals surface area contributed by atoms with Crippen LogP contribution in [0.15, 0.2) is 29.1 Å². The average Bonchev–Trinajstić information content (AvgIpc) is 3.07. The van der Waals surface area contributed by atoms with Crippen molar-refractivity contribution in [1.82, 2.24) is 19.9 Å². The Hall–Kier alpha value is -1.72. The van der Waals surface area contributed by atoms with Crippen LogP contribution >= 0.6 is 11.3 Å². The maximum atomic E-state index is 4.52. The molecule has 110 valence electrons. The number of aromatic nitrogens is 3. The van der Waals surface area contributed by atoms with Crippen LogP contribution in [0.1, 0.15) is 48.4 Å². The van der Waals surface area contributed by atoms with Crippen LogP contribution in [0, 0.1) is 13.8 Å². The van der Waals surface area contributed by atoms with E-state index in [1.165, 1.54) is 11.1 Å². The molecule has 0 saturated heterocycles. The summed E-state index contributed by atoms with van der Waals surface area (Å²) in [5, 5.41) is 12.5. The van der Waals surface area contributed by atoms with Crippen LogP contribution in [0.3, 0.4) is 0 Å². The monoisotopic (exact) mass is 300 g/mol. The predicted octanol–water partition coefficient (Wildman–Crippen LogP) is 3.82. The van der Waals surface area contributed by atoms with Crippen LogP contribution in [-0.2, 0) is 0 Å². The van der Waals surface area contributed by atoms with Gasteiger partial charge in [-0.3, -0.25) is 0 Å². The average molecular weight is 300 g/mol. The van der Waals surface area contributed by atoms with Crippen LogP contribution in [0.5, 0.6) is 0 Å². The van der Waals surface area contributed by atoms with Crippen LogP contribution in [-0.4, -0.2) is 14.6 Å². The molecule has 0 aliphatic heterocycles. The molecule has 4 nitrogen and oxygen atoms in total. The molecule has 3 aromatic rings. The van der Waals surface area contributed by atoms with E-state index in [0.717, 1.165) is 17.0 Å². The first kappa shape index (κ1) is 14.2. The Labute approximate surface area is 128 Å². The molecule has 0 aliphatic rings. The number of nitrogens with one attached hydrogen (secondary N) is 1. The van der Waals surface area contributed by atoms with E-state index in [-0.39, 0.29) is 6.04 Å². The van der Waals surface area contributed by atoms with Gasteiger partial charge in [-0.05, 0) is 50.1 Å². The second-order valence-electron chi connectivity index (χ2n) is 5.52. The summed E-state index contributed by atoms with van der Waals surface area (Å²) in [7, 11) is 0. The molecule has 3 aromatic heterocycles. The second kappa shape index (κ2) is 5.58. The largest absolute Gasteiger partial charge is 0.303 e. The molecule has 21 heavy (non-hydrogen) atoms. The van der Waals surface area contributed by atoms with Crippen LogP contribution in [0.25, 0.3) is 5.65 Å². The van der Waals surface area contributed by atoms with Crippen molar-refractivity contribution in [2.75, 3.05) is 0 Å². The Morgan fingerprint density at radius 1 is 1.24 bits per heavy atom. The summed E-state index contributed by atoms with van der Waals surface area (Å²) < 4.78 is 1.93. The minimum atomic E-state index is 0.223. The van der Waals surface area contributed by atoms with Gasteiger partial charge in [0.05, 0.1) is 5.69 Å². The van der Waals surface area contributed by atoms with Crippen LogP contribution in [0.4, 0.5) is 0 Å². The van der Waals surface area contributed by atoms with Gasteiger partial charge in [0.25, 0.3) is 0 Å². The van der Waals surface area contributed by atoms with E-state index < -0.39 is 0 Å². The third kappa shape index (κ3) is 2.71. The summed E-state index contributed by atoms with van der Waals surface area (Å²) in [5.74, 6) is 0. The van der Waals surface area contributed by atoms with Gasteiger partial charge in [0, 0.05) is 35.6 Å². The highest BCUT2D eigenvalue weighted by Gasteiger charge is 2.16. The first-order valence-corrected chi connectivity index (χ1v) is 8.10. The molecule has 5 heteroatoms. The van der Waals surface area contributed by atoms with Crippen molar-refractivity contribution in [3.8, 4) is 0 Å². The summed E-state index contributed by atoms with van der Waals surface area (Å²) in [6, 6.07) is 4.71. The molecule has 0 saturated carbocycles. The molecule has 0 radical (unpaired) electrons. The summed E-state index contributed by atoms with van der Waals surface area (Å²) in [4.78, 5) is 4.52. The number of rotatable bonds is 4. The molecule has 3 heterocycles. The summed E-state index contributed by atoms with van der Waals surface area (Å²) >= 11 is 1.73. The van der Waals surface area contributed by atoms with Crippen molar-refractivity contribution in [1.29, 1.82) is 0 Å². The van der Waals surface area contributed by atoms with Crippen molar-refractivity contribution >= 4 is 17.0 Å². The van der Waals surface area contributed by atoms with Gasteiger partial charge in [0.2, 0.25) is 0 Å². The highest BCUT2D eigenvalue weighted by Crippen LogP contribution is 2.23. The summed E-state index contributed by atoms with van der Waals surface area (Å²) in [6.45, 7) is 8.46. The third-order valence-corrected chi connectivity index (χ3v) is 4.60. The Bertz CT molecular complexity index is 745. The molecular formula is C16H20N4S. The van der Waals surface area contributed by atoms with Crippen molar-refractivity contribution < 1.29 is 0 Å². The molecule has 2 atom stereocenters. The molecule has 0 spiro atoms. The minimum absolute atomic E-state index is 0.223. The molecule has 2 unspecified atom stereocenters. The molecule has 0 amide bonds. The number of fused-ring (bicyclic) bond motifs is 1. The van der Waals surface area contributed by atoms with Crippen LogP contribution in [0.2, 0.25) is 0 Å². The lowest BCUT2D eigenvalue weighted by Crippen LogP contribution is -2.23. The van der Waals surface area contributed by atoms with E-state index in [0.29, 0.717) is 6.04 Å². The van der Waals surface area contributed by atoms with Gasteiger partial charge in [0.15, 0.2) is 5.65 Å². The van der Waals surface area contributed by atoms with Crippen LogP contribution < -0.4 is 5.32 Å². The third-order valence-electron chi connectivity index (χ3n) is 3.89. The fourth-order valence-electron chi connectivity index (χ4n) is 2.68.